The Labute approximate surface area is 86.7 Å². The van der Waals surface area contributed by atoms with Crippen molar-refractivity contribution in [3.8, 4) is 0 Å². The van der Waals surface area contributed by atoms with Crippen LogP contribution in [0.3, 0.4) is 0 Å². The first kappa shape index (κ1) is 11.1. The van der Waals surface area contributed by atoms with Crippen molar-refractivity contribution >= 4 is 5.69 Å². The van der Waals surface area contributed by atoms with Gasteiger partial charge in [-0.25, -0.2) is 5.43 Å². The Morgan fingerprint density at radius 1 is 1.21 bits per heavy atom. The number of hydrogen-bond acceptors (Lipinski definition) is 2. The summed E-state index contributed by atoms with van der Waals surface area (Å²) in [6.45, 7) is 7.36. The van der Waals surface area contributed by atoms with Crippen LogP contribution < -0.4 is 10.9 Å². The summed E-state index contributed by atoms with van der Waals surface area (Å²) in [5.74, 6) is 0. The molecule has 2 rings (SSSR count). The monoisotopic (exact) mass is 192 g/mol. The van der Waals surface area contributed by atoms with Crippen molar-refractivity contribution in [2.24, 2.45) is 0 Å². The summed E-state index contributed by atoms with van der Waals surface area (Å²) in [5.41, 5.74) is 10.2. The number of hydrazine groups is 1. The van der Waals surface area contributed by atoms with Gasteiger partial charge in [0.2, 0.25) is 0 Å². The highest BCUT2D eigenvalue weighted by atomic mass is 15.4. The summed E-state index contributed by atoms with van der Waals surface area (Å²) in [6.07, 6.45) is 2.36. The van der Waals surface area contributed by atoms with Gasteiger partial charge in [-0.15, -0.1) is 0 Å². The van der Waals surface area contributed by atoms with E-state index in [2.05, 4.69) is 49.8 Å². The Kier molecular flexibility index (Phi) is 4.47. The van der Waals surface area contributed by atoms with Crippen LogP contribution in [0.25, 0.3) is 0 Å². The normalized spacial score (nSPS) is 12.5. The lowest BCUT2D eigenvalue weighted by Crippen LogP contribution is -2.10. The summed E-state index contributed by atoms with van der Waals surface area (Å²) in [6, 6.07) is 6.57. The summed E-state index contributed by atoms with van der Waals surface area (Å²) >= 11 is 0. The molecule has 2 heteroatoms. The van der Waals surface area contributed by atoms with E-state index in [9.17, 15) is 0 Å². The molecular formula is C12H20N2. The Morgan fingerprint density at radius 2 is 1.93 bits per heavy atom. The molecule has 0 unspecified atom stereocenters. The van der Waals surface area contributed by atoms with Gasteiger partial charge in [-0.3, -0.25) is 0 Å². The zero-order chi connectivity index (χ0) is 10.4. The third-order valence-corrected chi connectivity index (χ3v) is 2.08. The lowest BCUT2D eigenvalue weighted by Gasteiger charge is -2.00. The molecule has 0 aromatic heterocycles. The molecular weight excluding hydrogens is 172 g/mol. The average Bonchev–Trinajstić information content (AvgIpc) is 2.65. The Bertz CT molecular complexity index is 282. The van der Waals surface area contributed by atoms with Crippen molar-refractivity contribution in [2.45, 2.75) is 40.2 Å². The van der Waals surface area contributed by atoms with Gasteiger partial charge in [0.15, 0.2) is 0 Å². The number of anilines is 1. The molecule has 1 aliphatic heterocycles. The van der Waals surface area contributed by atoms with Gasteiger partial charge in [0.05, 0.1) is 5.69 Å². The fraction of sp³-hybridized carbons (Fsp3) is 0.500. The molecule has 1 aromatic carbocycles. The van der Waals surface area contributed by atoms with Crippen LogP contribution in [0.15, 0.2) is 18.2 Å². The van der Waals surface area contributed by atoms with E-state index in [0.29, 0.717) is 0 Å². The number of rotatable bonds is 1. The fourth-order valence-electron chi connectivity index (χ4n) is 1.35. The topological polar surface area (TPSA) is 24.1 Å². The van der Waals surface area contributed by atoms with Gasteiger partial charge in [-0.1, -0.05) is 39.3 Å². The standard InChI is InChI=1S/C9H12N2.C3H8/c1-2-7-3-4-8-6-10-11-9(8)5-7;1-3-2/h3-5,10-11H,2,6H2,1H3;3H2,1-2H3. The second-order valence-corrected chi connectivity index (χ2v) is 3.53. The molecule has 78 valence electrons. The SMILES string of the molecule is CCC.CCc1ccc2c(c1)NNC2. The second-order valence-electron chi connectivity index (χ2n) is 3.53. The maximum absolute atomic E-state index is 3.12. The second kappa shape index (κ2) is 5.66. The average molecular weight is 192 g/mol. The molecule has 2 nitrogen and oxygen atoms in total. The van der Waals surface area contributed by atoms with Gasteiger partial charge in [-0.05, 0) is 23.6 Å². The Morgan fingerprint density at radius 3 is 2.57 bits per heavy atom. The molecule has 14 heavy (non-hydrogen) atoms. The molecule has 0 fully saturated rings. The van der Waals surface area contributed by atoms with Crippen LogP contribution in [0.4, 0.5) is 5.69 Å². The highest BCUT2D eigenvalue weighted by Gasteiger charge is 2.07. The molecule has 1 heterocycles. The van der Waals surface area contributed by atoms with Gasteiger partial charge >= 0.3 is 0 Å². The summed E-state index contributed by atoms with van der Waals surface area (Å²) in [5, 5.41) is 0. The summed E-state index contributed by atoms with van der Waals surface area (Å²) < 4.78 is 0. The van der Waals surface area contributed by atoms with Crippen molar-refractivity contribution < 1.29 is 0 Å². The van der Waals surface area contributed by atoms with Crippen LogP contribution in [-0.2, 0) is 13.0 Å². The van der Waals surface area contributed by atoms with Gasteiger partial charge in [-0.2, -0.15) is 0 Å². The molecule has 0 spiro atoms. The van der Waals surface area contributed by atoms with Gasteiger partial charge in [0, 0.05) is 6.54 Å². The lowest BCUT2D eigenvalue weighted by atomic mass is 10.1. The Hall–Kier alpha value is -1.02. The van der Waals surface area contributed by atoms with Crippen LogP contribution in [0.1, 0.15) is 38.3 Å². The van der Waals surface area contributed by atoms with E-state index in [-0.39, 0.29) is 0 Å². The third kappa shape index (κ3) is 2.74. The van der Waals surface area contributed by atoms with Gasteiger partial charge in [0.25, 0.3) is 0 Å². The molecule has 1 aromatic rings. The summed E-state index contributed by atoms with van der Waals surface area (Å²) in [7, 11) is 0. The molecule has 2 N–H and O–H groups in total. The maximum Gasteiger partial charge on any atom is 0.0536 e. The van der Waals surface area contributed by atoms with E-state index in [4.69, 9.17) is 0 Å². The zero-order valence-corrected chi connectivity index (χ0v) is 9.35. The van der Waals surface area contributed by atoms with E-state index < -0.39 is 0 Å². The predicted octanol–water partition coefficient (Wildman–Crippen LogP) is 3.10. The van der Waals surface area contributed by atoms with Gasteiger partial charge < -0.3 is 5.43 Å². The maximum atomic E-state index is 3.12. The first-order valence-electron chi connectivity index (χ1n) is 5.42. The zero-order valence-electron chi connectivity index (χ0n) is 9.35. The lowest BCUT2D eigenvalue weighted by molar-refractivity contribution is 0.860. The number of fused-ring (bicyclic) bond motifs is 1. The van der Waals surface area contributed by atoms with E-state index in [1.807, 2.05) is 0 Å². The predicted molar refractivity (Wildman–Crippen MR) is 62.2 cm³/mol. The Balaban J connectivity index is 0.000000293. The van der Waals surface area contributed by atoms with Crippen molar-refractivity contribution in [3.05, 3.63) is 29.3 Å². The molecule has 0 saturated heterocycles. The number of nitrogens with one attached hydrogen (secondary N) is 2. The van der Waals surface area contributed by atoms with Crippen LogP contribution in [0.2, 0.25) is 0 Å². The minimum atomic E-state index is 0.944. The molecule has 0 saturated carbocycles. The smallest absolute Gasteiger partial charge is 0.0536 e. The van der Waals surface area contributed by atoms with Crippen molar-refractivity contribution in [1.82, 2.24) is 5.43 Å². The number of aryl methyl sites for hydroxylation is 1. The number of benzene rings is 1. The molecule has 0 bridgehead atoms. The largest absolute Gasteiger partial charge is 0.321 e. The highest BCUT2D eigenvalue weighted by molar-refractivity contribution is 5.55. The van der Waals surface area contributed by atoms with Crippen LogP contribution >= 0.6 is 0 Å². The van der Waals surface area contributed by atoms with E-state index in [0.717, 1.165) is 13.0 Å². The third-order valence-electron chi connectivity index (χ3n) is 2.08. The molecule has 0 aliphatic carbocycles. The quantitative estimate of drug-likeness (QED) is 0.714. The minimum Gasteiger partial charge on any atom is -0.321 e. The van der Waals surface area contributed by atoms with Crippen molar-refractivity contribution in [2.75, 3.05) is 5.43 Å². The van der Waals surface area contributed by atoms with E-state index in [1.165, 1.54) is 23.2 Å². The first-order chi connectivity index (χ1) is 6.81. The van der Waals surface area contributed by atoms with Gasteiger partial charge in [0.1, 0.15) is 0 Å². The number of hydrogen-bond donors (Lipinski definition) is 2. The van der Waals surface area contributed by atoms with E-state index >= 15 is 0 Å². The van der Waals surface area contributed by atoms with Crippen LogP contribution in [-0.4, -0.2) is 0 Å². The van der Waals surface area contributed by atoms with Crippen LogP contribution in [0, 0.1) is 0 Å². The van der Waals surface area contributed by atoms with E-state index in [1.54, 1.807) is 0 Å². The molecule has 0 radical (unpaired) electrons. The van der Waals surface area contributed by atoms with Crippen LogP contribution in [0.5, 0.6) is 0 Å². The molecule has 0 atom stereocenters. The highest BCUT2D eigenvalue weighted by Crippen LogP contribution is 2.20. The van der Waals surface area contributed by atoms with Crippen molar-refractivity contribution in [1.29, 1.82) is 0 Å². The fourth-order valence-corrected chi connectivity index (χ4v) is 1.35. The first-order valence-corrected chi connectivity index (χ1v) is 5.42. The molecule has 0 amide bonds. The summed E-state index contributed by atoms with van der Waals surface area (Å²) in [4.78, 5) is 0. The minimum absolute atomic E-state index is 0.944. The molecule has 1 aliphatic rings. The van der Waals surface area contributed by atoms with Crippen molar-refractivity contribution in [3.63, 3.8) is 0 Å².